The lowest BCUT2D eigenvalue weighted by Crippen LogP contribution is -2.34. The Morgan fingerprint density at radius 2 is 1.85 bits per heavy atom. The molecule has 3 nitrogen and oxygen atoms in total. The lowest BCUT2D eigenvalue weighted by Gasteiger charge is -2.32. The molecule has 0 aromatic heterocycles. The van der Waals surface area contributed by atoms with Gasteiger partial charge in [0.05, 0.1) is 12.2 Å². The fourth-order valence-corrected chi connectivity index (χ4v) is 2.86. The van der Waals surface area contributed by atoms with E-state index in [1.54, 1.807) is 0 Å². The molecule has 0 saturated carbocycles. The average molecular weight is 276 g/mol. The lowest BCUT2D eigenvalue weighted by molar-refractivity contribution is 0.307. The Morgan fingerprint density at radius 3 is 2.65 bits per heavy atom. The van der Waals surface area contributed by atoms with Gasteiger partial charge >= 0.3 is 0 Å². The molecule has 1 aromatic carbocycles. The average Bonchev–Trinajstić information content (AvgIpc) is 2.46. The number of nitrogens with two attached hydrogens (primary N) is 1. The minimum Gasteiger partial charge on any atom is -0.489 e. The van der Waals surface area contributed by atoms with Crippen molar-refractivity contribution in [3.8, 4) is 5.75 Å². The maximum Gasteiger partial charge on any atom is 0.144 e. The molecule has 3 heteroatoms. The quantitative estimate of drug-likeness (QED) is 0.571. The summed E-state index contributed by atoms with van der Waals surface area (Å²) in [4.78, 5) is 2.39. The highest BCUT2D eigenvalue weighted by atomic mass is 16.5. The van der Waals surface area contributed by atoms with Crippen LogP contribution in [0.3, 0.4) is 0 Å². The van der Waals surface area contributed by atoms with Crippen LogP contribution in [0, 0.1) is 0 Å². The fourth-order valence-electron chi connectivity index (χ4n) is 2.86. The molecule has 0 fully saturated rings. The summed E-state index contributed by atoms with van der Waals surface area (Å²) < 4.78 is 5.68. The van der Waals surface area contributed by atoms with Gasteiger partial charge in [0.25, 0.3) is 0 Å². The van der Waals surface area contributed by atoms with Crippen molar-refractivity contribution >= 4 is 11.4 Å². The first-order chi connectivity index (χ1) is 9.83. The van der Waals surface area contributed by atoms with Gasteiger partial charge in [0, 0.05) is 6.54 Å². The Balaban J connectivity index is 1.75. The van der Waals surface area contributed by atoms with E-state index in [9.17, 15) is 0 Å². The van der Waals surface area contributed by atoms with E-state index in [0.717, 1.165) is 36.8 Å². The first kappa shape index (κ1) is 15.0. The second kappa shape index (κ2) is 8.03. The highest BCUT2D eigenvalue weighted by molar-refractivity contribution is 5.75. The number of nitrogen functional groups attached to an aromatic ring is 1. The number of fused-ring (bicyclic) bond motifs is 1. The molecule has 0 spiro atoms. The number of para-hydroxylation sites is 1. The first-order valence-electron chi connectivity index (χ1n) is 8.09. The Kier molecular flexibility index (Phi) is 6.03. The fraction of sp³-hybridized carbons (Fsp3) is 0.647. The van der Waals surface area contributed by atoms with Gasteiger partial charge in [-0.1, -0.05) is 51.5 Å². The Bertz CT molecular complexity index is 406. The highest BCUT2D eigenvalue weighted by Gasteiger charge is 2.19. The van der Waals surface area contributed by atoms with Gasteiger partial charge in [-0.25, -0.2) is 0 Å². The minimum absolute atomic E-state index is 0.771. The van der Waals surface area contributed by atoms with Crippen LogP contribution in [0.15, 0.2) is 18.2 Å². The van der Waals surface area contributed by atoms with Crippen molar-refractivity contribution in [3.05, 3.63) is 18.2 Å². The van der Waals surface area contributed by atoms with E-state index in [1.165, 1.54) is 44.9 Å². The van der Waals surface area contributed by atoms with E-state index in [4.69, 9.17) is 10.5 Å². The Hall–Kier alpha value is -1.38. The van der Waals surface area contributed by atoms with Crippen molar-refractivity contribution in [1.82, 2.24) is 0 Å². The predicted octanol–water partition coefficient (Wildman–Crippen LogP) is 4.22. The van der Waals surface area contributed by atoms with Gasteiger partial charge < -0.3 is 15.4 Å². The monoisotopic (exact) mass is 276 g/mol. The molecule has 1 aliphatic rings. The summed E-state index contributed by atoms with van der Waals surface area (Å²) in [6, 6.07) is 5.94. The predicted molar refractivity (Wildman–Crippen MR) is 86.6 cm³/mol. The number of benzene rings is 1. The maximum absolute atomic E-state index is 6.10. The normalized spacial score (nSPS) is 13.9. The second-order valence-corrected chi connectivity index (χ2v) is 5.65. The number of anilines is 2. The Morgan fingerprint density at radius 1 is 1.10 bits per heavy atom. The third kappa shape index (κ3) is 4.06. The van der Waals surface area contributed by atoms with Gasteiger partial charge in [0.1, 0.15) is 18.0 Å². The SMILES string of the molecule is CCCCCCCCCN1CCOc2cccc(N)c21. The molecule has 0 radical (unpaired) electrons. The van der Waals surface area contributed by atoms with Crippen LogP contribution in [0.1, 0.15) is 51.9 Å². The maximum atomic E-state index is 6.10. The molecule has 1 aliphatic heterocycles. The minimum atomic E-state index is 0.771. The van der Waals surface area contributed by atoms with Crippen LogP contribution in [0.5, 0.6) is 5.75 Å². The zero-order valence-corrected chi connectivity index (χ0v) is 12.7. The summed E-state index contributed by atoms with van der Waals surface area (Å²) in [6.45, 7) is 5.09. The molecule has 1 aromatic rings. The van der Waals surface area contributed by atoms with Crippen molar-refractivity contribution in [2.75, 3.05) is 30.3 Å². The first-order valence-corrected chi connectivity index (χ1v) is 8.09. The molecule has 20 heavy (non-hydrogen) atoms. The second-order valence-electron chi connectivity index (χ2n) is 5.65. The largest absolute Gasteiger partial charge is 0.489 e. The van der Waals surface area contributed by atoms with Crippen molar-refractivity contribution in [3.63, 3.8) is 0 Å². The summed E-state index contributed by atoms with van der Waals surface area (Å²) in [5.74, 6) is 0.944. The highest BCUT2D eigenvalue weighted by Crippen LogP contribution is 2.36. The summed E-state index contributed by atoms with van der Waals surface area (Å²) >= 11 is 0. The standard InChI is InChI=1S/C17H28N2O/c1-2-3-4-5-6-7-8-12-19-13-14-20-16-11-9-10-15(18)17(16)19/h9-11H,2-8,12-14,18H2,1H3. The molecule has 112 valence electrons. The van der Waals surface area contributed by atoms with Crippen LogP contribution in [-0.4, -0.2) is 19.7 Å². The van der Waals surface area contributed by atoms with Crippen LogP contribution in [-0.2, 0) is 0 Å². The van der Waals surface area contributed by atoms with Gasteiger partial charge in [-0.15, -0.1) is 0 Å². The zero-order chi connectivity index (χ0) is 14.2. The van der Waals surface area contributed by atoms with Crippen molar-refractivity contribution in [2.24, 2.45) is 0 Å². The molecule has 0 bridgehead atoms. The molecule has 0 atom stereocenters. The van der Waals surface area contributed by atoms with Gasteiger partial charge in [0.2, 0.25) is 0 Å². The van der Waals surface area contributed by atoms with E-state index in [1.807, 2.05) is 18.2 Å². The molecule has 0 amide bonds. The molecule has 0 aliphatic carbocycles. The summed E-state index contributed by atoms with van der Waals surface area (Å²) in [5, 5.41) is 0. The van der Waals surface area contributed by atoms with Crippen LogP contribution in [0.25, 0.3) is 0 Å². The number of nitrogens with zero attached hydrogens (tertiary/aromatic N) is 1. The van der Waals surface area contributed by atoms with Crippen LogP contribution >= 0.6 is 0 Å². The van der Waals surface area contributed by atoms with E-state index >= 15 is 0 Å². The topological polar surface area (TPSA) is 38.5 Å². The molecule has 1 heterocycles. The van der Waals surface area contributed by atoms with E-state index in [2.05, 4.69) is 11.8 Å². The number of hydrogen-bond donors (Lipinski definition) is 1. The molecular weight excluding hydrogens is 248 g/mol. The number of ether oxygens (including phenoxy) is 1. The molecule has 2 rings (SSSR count). The third-order valence-electron chi connectivity index (χ3n) is 4.00. The third-order valence-corrected chi connectivity index (χ3v) is 4.00. The zero-order valence-electron chi connectivity index (χ0n) is 12.7. The Labute approximate surface area is 123 Å². The summed E-state index contributed by atoms with van der Waals surface area (Å²) in [7, 11) is 0. The number of hydrogen-bond acceptors (Lipinski definition) is 3. The van der Waals surface area contributed by atoms with Gasteiger partial charge in [-0.05, 0) is 18.6 Å². The van der Waals surface area contributed by atoms with Crippen molar-refractivity contribution in [2.45, 2.75) is 51.9 Å². The number of rotatable bonds is 8. The van der Waals surface area contributed by atoms with Crippen LogP contribution in [0.2, 0.25) is 0 Å². The molecular formula is C17H28N2O. The van der Waals surface area contributed by atoms with E-state index < -0.39 is 0 Å². The summed E-state index contributed by atoms with van der Waals surface area (Å²) in [6.07, 6.45) is 9.42. The smallest absolute Gasteiger partial charge is 0.144 e. The molecule has 0 saturated heterocycles. The van der Waals surface area contributed by atoms with Gasteiger partial charge in [-0.3, -0.25) is 0 Å². The van der Waals surface area contributed by atoms with Crippen LogP contribution in [0.4, 0.5) is 11.4 Å². The lowest BCUT2D eigenvalue weighted by atomic mass is 10.1. The van der Waals surface area contributed by atoms with Crippen molar-refractivity contribution in [1.29, 1.82) is 0 Å². The van der Waals surface area contributed by atoms with Gasteiger partial charge in [0.15, 0.2) is 0 Å². The summed E-state index contributed by atoms with van der Waals surface area (Å²) in [5.41, 5.74) is 8.04. The molecule has 0 unspecified atom stereocenters. The molecule has 2 N–H and O–H groups in total. The number of unbranched alkanes of at least 4 members (excludes halogenated alkanes) is 6. The van der Waals surface area contributed by atoms with Crippen molar-refractivity contribution < 1.29 is 4.74 Å². The van der Waals surface area contributed by atoms with E-state index in [0.29, 0.717) is 0 Å². The van der Waals surface area contributed by atoms with Crippen LogP contribution < -0.4 is 15.4 Å². The van der Waals surface area contributed by atoms with Gasteiger partial charge in [-0.2, -0.15) is 0 Å². The van der Waals surface area contributed by atoms with E-state index in [-0.39, 0.29) is 0 Å².